The van der Waals surface area contributed by atoms with Crippen LogP contribution in [0.4, 0.5) is 13.2 Å². The summed E-state index contributed by atoms with van der Waals surface area (Å²) in [6, 6.07) is 8.08. The highest BCUT2D eigenvalue weighted by Crippen LogP contribution is 2.23. The molecule has 0 unspecified atom stereocenters. The van der Waals surface area contributed by atoms with Crippen molar-refractivity contribution >= 4 is 17.6 Å². The summed E-state index contributed by atoms with van der Waals surface area (Å²) in [6.07, 6.45) is -2.64. The highest BCUT2D eigenvalue weighted by Gasteiger charge is 2.38. The lowest BCUT2D eigenvalue weighted by Gasteiger charge is -2.12. The van der Waals surface area contributed by atoms with Gasteiger partial charge in [-0.2, -0.15) is 13.2 Å². The molecule has 1 aromatic carbocycles. The molecule has 0 radical (unpaired) electrons. The van der Waals surface area contributed by atoms with Gasteiger partial charge in [-0.05, 0) is 31.5 Å². The molecule has 0 spiro atoms. The fraction of sp³-hybridized carbons (Fsp3) is 0.462. The summed E-state index contributed by atoms with van der Waals surface area (Å²) < 4.78 is 37.4. The molecule has 0 saturated carbocycles. The van der Waals surface area contributed by atoms with Gasteiger partial charge in [0.1, 0.15) is 12.4 Å². The third kappa shape index (κ3) is 6.68. The molecule has 1 fully saturated rings. The number of para-hydroxylation sites is 1. The molecule has 21 heavy (non-hydrogen) atoms. The number of alkyl halides is 3. The second-order valence-electron chi connectivity index (χ2n) is 4.34. The van der Waals surface area contributed by atoms with E-state index in [0.717, 1.165) is 12.3 Å². The first-order chi connectivity index (χ1) is 9.80. The van der Waals surface area contributed by atoms with Crippen molar-refractivity contribution in [3.05, 3.63) is 29.3 Å². The van der Waals surface area contributed by atoms with Crippen LogP contribution in [0, 0.1) is 0 Å². The van der Waals surface area contributed by atoms with E-state index >= 15 is 0 Å². The van der Waals surface area contributed by atoms with Gasteiger partial charge in [-0.15, -0.1) is 0 Å². The molecular weight excluding hydrogens is 311 g/mol. The molecule has 4 nitrogen and oxygen atoms in total. The van der Waals surface area contributed by atoms with Crippen molar-refractivity contribution in [1.82, 2.24) is 5.32 Å². The number of carbonyl (C=O) groups is 1. The largest absolute Gasteiger partial charge is 0.490 e. The number of hydrogen-bond donors (Lipinski definition) is 2. The van der Waals surface area contributed by atoms with Gasteiger partial charge >= 0.3 is 12.1 Å². The Kier molecular flexibility index (Phi) is 6.77. The summed E-state index contributed by atoms with van der Waals surface area (Å²) in [7, 11) is 0. The number of ether oxygens (including phenoxy) is 1. The maximum absolute atomic E-state index is 10.6. The lowest BCUT2D eigenvalue weighted by Crippen LogP contribution is -2.28. The van der Waals surface area contributed by atoms with Gasteiger partial charge in [-0.1, -0.05) is 23.7 Å². The predicted octanol–water partition coefficient (Wildman–Crippen LogP) is 3.10. The Balaban J connectivity index is 0.000000270. The molecule has 8 heteroatoms. The molecule has 118 valence electrons. The van der Waals surface area contributed by atoms with Crippen LogP contribution in [0.2, 0.25) is 5.02 Å². The van der Waals surface area contributed by atoms with Gasteiger partial charge in [0, 0.05) is 6.04 Å². The quantitative estimate of drug-likeness (QED) is 0.896. The standard InChI is InChI=1S/C11H14ClNO.C2HF3O2/c12-10-5-1-2-6-11(10)14-8-9-4-3-7-13-9;3-2(4,5)1(6)7/h1-2,5-6,9,13H,3-4,7-8H2;(H,6,7)/t9-;/m1./s1. The van der Waals surface area contributed by atoms with E-state index in [1.807, 2.05) is 24.3 Å². The van der Waals surface area contributed by atoms with Gasteiger partial charge in [0.15, 0.2) is 0 Å². The average Bonchev–Trinajstić information content (AvgIpc) is 2.90. The van der Waals surface area contributed by atoms with Crippen LogP contribution in [0.15, 0.2) is 24.3 Å². The summed E-state index contributed by atoms with van der Waals surface area (Å²) in [6.45, 7) is 1.82. The molecule has 1 heterocycles. The van der Waals surface area contributed by atoms with Crippen molar-refractivity contribution < 1.29 is 27.8 Å². The van der Waals surface area contributed by atoms with Crippen molar-refractivity contribution in [2.75, 3.05) is 13.2 Å². The zero-order chi connectivity index (χ0) is 15.9. The number of benzene rings is 1. The predicted molar refractivity (Wildman–Crippen MR) is 71.7 cm³/mol. The Morgan fingerprint density at radius 2 is 2.05 bits per heavy atom. The van der Waals surface area contributed by atoms with E-state index in [4.69, 9.17) is 26.2 Å². The summed E-state index contributed by atoms with van der Waals surface area (Å²) >= 11 is 5.96. The molecule has 0 bridgehead atoms. The summed E-state index contributed by atoms with van der Waals surface area (Å²) in [5, 5.41) is 11.2. The lowest BCUT2D eigenvalue weighted by atomic mass is 10.2. The molecule has 0 aromatic heterocycles. The van der Waals surface area contributed by atoms with Crippen LogP contribution in [-0.2, 0) is 4.79 Å². The van der Waals surface area contributed by atoms with Crippen LogP contribution in [0.1, 0.15) is 12.8 Å². The molecular formula is C13H15ClF3NO3. The number of hydrogen-bond acceptors (Lipinski definition) is 3. The average molecular weight is 326 g/mol. The highest BCUT2D eigenvalue weighted by atomic mass is 35.5. The Morgan fingerprint density at radius 3 is 2.52 bits per heavy atom. The zero-order valence-electron chi connectivity index (χ0n) is 11.0. The first kappa shape index (κ1) is 17.6. The van der Waals surface area contributed by atoms with Crippen molar-refractivity contribution in [2.45, 2.75) is 25.1 Å². The van der Waals surface area contributed by atoms with Crippen molar-refractivity contribution in [2.24, 2.45) is 0 Å². The van der Waals surface area contributed by atoms with E-state index < -0.39 is 12.1 Å². The molecule has 1 aliphatic heterocycles. The van der Waals surface area contributed by atoms with Crippen LogP contribution in [-0.4, -0.2) is 36.4 Å². The maximum atomic E-state index is 10.6. The van der Waals surface area contributed by atoms with Crippen LogP contribution in [0.3, 0.4) is 0 Å². The minimum absolute atomic E-state index is 0.492. The Hall–Kier alpha value is -1.47. The minimum atomic E-state index is -5.08. The molecule has 0 amide bonds. The molecule has 2 rings (SSSR count). The van der Waals surface area contributed by atoms with Crippen LogP contribution < -0.4 is 10.1 Å². The van der Waals surface area contributed by atoms with E-state index in [0.29, 0.717) is 17.7 Å². The Bertz CT molecular complexity index is 462. The lowest BCUT2D eigenvalue weighted by molar-refractivity contribution is -0.192. The summed E-state index contributed by atoms with van der Waals surface area (Å²) in [4.78, 5) is 8.90. The Labute approximate surface area is 124 Å². The first-order valence-electron chi connectivity index (χ1n) is 6.21. The molecule has 1 aromatic rings. The van der Waals surface area contributed by atoms with E-state index in [1.165, 1.54) is 12.8 Å². The summed E-state index contributed by atoms with van der Waals surface area (Å²) in [5.41, 5.74) is 0. The van der Waals surface area contributed by atoms with Gasteiger partial charge in [-0.3, -0.25) is 0 Å². The molecule has 1 saturated heterocycles. The minimum Gasteiger partial charge on any atom is -0.490 e. The van der Waals surface area contributed by atoms with Gasteiger partial charge in [0.25, 0.3) is 0 Å². The zero-order valence-corrected chi connectivity index (χ0v) is 11.7. The molecule has 0 aliphatic carbocycles. The van der Waals surface area contributed by atoms with E-state index in [2.05, 4.69) is 5.32 Å². The van der Waals surface area contributed by atoms with Crippen molar-refractivity contribution in [3.63, 3.8) is 0 Å². The van der Waals surface area contributed by atoms with Gasteiger partial charge in [-0.25, -0.2) is 4.79 Å². The maximum Gasteiger partial charge on any atom is 0.490 e. The number of carboxylic acids is 1. The highest BCUT2D eigenvalue weighted by molar-refractivity contribution is 6.32. The number of aliphatic carboxylic acids is 1. The SMILES string of the molecule is Clc1ccccc1OC[C@H]1CCCN1.O=C(O)C(F)(F)F. The number of carboxylic acid groups (broad SMARTS) is 1. The van der Waals surface area contributed by atoms with Crippen LogP contribution in [0.5, 0.6) is 5.75 Å². The van der Waals surface area contributed by atoms with E-state index in [1.54, 1.807) is 0 Å². The second kappa shape index (κ2) is 8.09. The second-order valence-corrected chi connectivity index (χ2v) is 4.74. The molecule has 1 atom stereocenters. The number of rotatable bonds is 3. The fourth-order valence-electron chi connectivity index (χ4n) is 1.65. The van der Waals surface area contributed by atoms with E-state index in [-0.39, 0.29) is 0 Å². The van der Waals surface area contributed by atoms with Gasteiger partial charge < -0.3 is 15.2 Å². The van der Waals surface area contributed by atoms with E-state index in [9.17, 15) is 13.2 Å². The van der Waals surface area contributed by atoms with Crippen LogP contribution in [0.25, 0.3) is 0 Å². The first-order valence-corrected chi connectivity index (χ1v) is 6.59. The topological polar surface area (TPSA) is 58.6 Å². The third-order valence-electron chi connectivity index (χ3n) is 2.68. The van der Waals surface area contributed by atoms with Crippen molar-refractivity contribution in [3.8, 4) is 5.75 Å². The third-order valence-corrected chi connectivity index (χ3v) is 2.99. The number of nitrogens with one attached hydrogen (secondary N) is 1. The number of halogens is 4. The normalized spacial score (nSPS) is 17.8. The van der Waals surface area contributed by atoms with Gasteiger partial charge in [0.2, 0.25) is 0 Å². The van der Waals surface area contributed by atoms with Gasteiger partial charge in [0.05, 0.1) is 5.02 Å². The molecule has 2 N–H and O–H groups in total. The molecule has 1 aliphatic rings. The monoisotopic (exact) mass is 325 g/mol. The Morgan fingerprint density at radius 1 is 1.43 bits per heavy atom. The summed E-state index contributed by atoms with van der Waals surface area (Å²) in [5.74, 6) is -1.98. The smallest absolute Gasteiger partial charge is 0.490 e. The fourth-order valence-corrected chi connectivity index (χ4v) is 1.84. The van der Waals surface area contributed by atoms with Crippen molar-refractivity contribution in [1.29, 1.82) is 0 Å². The van der Waals surface area contributed by atoms with Crippen LogP contribution >= 0.6 is 11.6 Å².